The molecule has 0 aromatic heterocycles. The molecule has 19 heavy (non-hydrogen) atoms. The molecule has 2 heterocycles. The van der Waals surface area contributed by atoms with E-state index in [2.05, 4.69) is 48.9 Å². The summed E-state index contributed by atoms with van der Waals surface area (Å²) in [5.41, 5.74) is 4.07. The van der Waals surface area contributed by atoms with Gasteiger partial charge in [-0.3, -0.25) is 0 Å². The van der Waals surface area contributed by atoms with Gasteiger partial charge in [-0.2, -0.15) is 0 Å². The molecule has 1 aromatic carbocycles. The van der Waals surface area contributed by atoms with Crippen LogP contribution in [0.5, 0.6) is 0 Å². The minimum Gasteiger partial charge on any atom is -0.373 e. The van der Waals surface area contributed by atoms with Gasteiger partial charge in [0.25, 0.3) is 0 Å². The van der Waals surface area contributed by atoms with Crippen LogP contribution in [0.25, 0.3) is 0 Å². The number of benzene rings is 1. The van der Waals surface area contributed by atoms with E-state index >= 15 is 0 Å². The molecule has 1 saturated heterocycles. The van der Waals surface area contributed by atoms with Gasteiger partial charge in [0, 0.05) is 30.1 Å². The molecule has 0 saturated carbocycles. The van der Waals surface area contributed by atoms with E-state index < -0.39 is 0 Å². The fraction of sp³-hybridized carbons (Fsp3) is 0.625. The standard InChI is InChI=1S/C16H23BN2/c1-4-9-19-15-12(2)6-5-7-13(15)14-11-18(3)10-8-16(14,19)17/h5-7,14H,4,8-11H2,1-3H3. The SMILES string of the molecule is [B]C12CCN(C)CC1c1cccc(C)c1N2CCC. The van der Waals surface area contributed by atoms with Crippen LogP contribution in [0.3, 0.4) is 0 Å². The summed E-state index contributed by atoms with van der Waals surface area (Å²) in [4.78, 5) is 4.91. The van der Waals surface area contributed by atoms with Crippen LogP contribution in [0, 0.1) is 6.92 Å². The van der Waals surface area contributed by atoms with Crippen molar-refractivity contribution in [2.24, 2.45) is 0 Å². The molecule has 2 aliphatic heterocycles. The monoisotopic (exact) mass is 254 g/mol. The number of nitrogens with zero attached hydrogens (tertiary/aromatic N) is 2. The van der Waals surface area contributed by atoms with Gasteiger partial charge in [-0.1, -0.05) is 25.1 Å². The third-order valence-electron chi connectivity index (χ3n) is 4.86. The Kier molecular flexibility index (Phi) is 3.13. The van der Waals surface area contributed by atoms with E-state index in [0.29, 0.717) is 5.92 Å². The van der Waals surface area contributed by atoms with Gasteiger partial charge in [0.05, 0.1) is 0 Å². The summed E-state index contributed by atoms with van der Waals surface area (Å²) in [6, 6.07) is 6.67. The van der Waals surface area contributed by atoms with Crippen molar-refractivity contribution in [1.29, 1.82) is 0 Å². The molecule has 1 fully saturated rings. The predicted molar refractivity (Wildman–Crippen MR) is 82.2 cm³/mol. The predicted octanol–water partition coefficient (Wildman–Crippen LogP) is 2.51. The Morgan fingerprint density at radius 3 is 2.95 bits per heavy atom. The summed E-state index contributed by atoms with van der Waals surface area (Å²) in [5.74, 6) is 0.452. The van der Waals surface area contributed by atoms with Crippen LogP contribution in [-0.2, 0) is 0 Å². The van der Waals surface area contributed by atoms with Gasteiger partial charge in [-0.05, 0) is 44.5 Å². The van der Waals surface area contributed by atoms with Crippen LogP contribution in [-0.4, -0.2) is 44.9 Å². The maximum absolute atomic E-state index is 6.88. The molecule has 2 radical (unpaired) electrons. The van der Waals surface area contributed by atoms with Crippen molar-refractivity contribution in [3.63, 3.8) is 0 Å². The number of likely N-dealkylation sites (N-methyl/N-ethyl adjacent to an activating group) is 1. The number of rotatable bonds is 2. The van der Waals surface area contributed by atoms with E-state index in [1.54, 1.807) is 0 Å². The van der Waals surface area contributed by atoms with Crippen LogP contribution >= 0.6 is 0 Å². The Balaban J connectivity index is 2.11. The van der Waals surface area contributed by atoms with Gasteiger partial charge in [0.1, 0.15) is 7.85 Å². The molecule has 0 N–H and O–H groups in total. The zero-order valence-electron chi connectivity index (χ0n) is 12.3. The molecular weight excluding hydrogens is 231 g/mol. The Morgan fingerprint density at radius 1 is 1.42 bits per heavy atom. The lowest BCUT2D eigenvalue weighted by Gasteiger charge is -2.47. The lowest BCUT2D eigenvalue weighted by atomic mass is 9.63. The molecule has 0 amide bonds. The van der Waals surface area contributed by atoms with E-state index in [4.69, 9.17) is 7.85 Å². The van der Waals surface area contributed by atoms with Gasteiger partial charge in [0.15, 0.2) is 0 Å². The van der Waals surface area contributed by atoms with E-state index in [1.807, 2.05) is 0 Å². The van der Waals surface area contributed by atoms with Gasteiger partial charge >= 0.3 is 0 Å². The van der Waals surface area contributed by atoms with E-state index in [1.165, 1.54) is 16.8 Å². The molecule has 2 atom stereocenters. The second-order valence-corrected chi connectivity index (χ2v) is 6.22. The fourth-order valence-electron chi connectivity index (χ4n) is 3.88. The normalized spacial score (nSPS) is 30.3. The minimum absolute atomic E-state index is 0.170. The third kappa shape index (κ3) is 1.82. The lowest BCUT2D eigenvalue weighted by Crippen LogP contribution is -2.57. The molecular formula is C16H23BN2. The number of aryl methyl sites for hydroxylation is 1. The topological polar surface area (TPSA) is 6.48 Å². The van der Waals surface area contributed by atoms with Gasteiger partial charge in [0.2, 0.25) is 0 Å². The van der Waals surface area contributed by atoms with Crippen LogP contribution in [0.2, 0.25) is 0 Å². The van der Waals surface area contributed by atoms with Crippen molar-refractivity contribution in [2.45, 2.75) is 38.0 Å². The van der Waals surface area contributed by atoms with Crippen LogP contribution in [0.1, 0.15) is 36.8 Å². The van der Waals surface area contributed by atoms with E-state index in [-0.39, 0.29) is 5.44 Å². The molecule has 1 aromatic rings. The van der Waals surface area contributed by atoms with E-state index in [9.17, 15) is 0 Å². The Hall–Kier alpha value is -0.955. The Morgan fingerprint density at radius 2 is 2.21 bits per heavy atom. The molecule has 2 nitrogen and oxygen atoms in total. The molecule has 0 bridgehead atoms. The number of anilines is 1. The third-order valence-corrected chi connectivity index (χ3v) is 4.86. The quantitative estimate of drug-likeness (QED) is 0.748. The zero-order valence-corrected chi connectivity index (χ0v) is 12.3. The molecule has 100 valence electrons. The highest BCUT2D eigenvalue weighted by molar-refractivity contribution is 6.19. The van der Waals surface area contributed by atoms with Gasteiger partial charge in [-0.25, -0.2) is 0 Å². The summed E-state index contributed by atoms with van der Waals surface area (Å²) < 4.78 is 0. The summed E-state index contributed by atoms with van der Waals surface area (Å²) in [6.07, 6.45) is 2.21. The van der Waals surface area contributed by atoms with Crippen molar-refractivity contribution in [1.82, 2.24) is 4.90 Å². The Labute approximate surface area is 118 Å². The minimum atomic E-state index is -0.170. The summed E-state index contributed by atoms with van der Waals surface area (Å²) >= 11 is 0. The second kappa shape index (κ2) is 4.55. The van der Waals surface area contributed by atoms with Crippen molar-refractivity contribution in [3.05, 3.63) is 29.3 Å². The highest BCUT2D eigenvalue weighted by atomic mass is 15.3. The number of hydrogen-bond donors (Lipinski definition) is 0. The Bertz CT molecular complexity index is 488. The van der Waals surface area contributed by atoms with Crippen molar-refractivity contribution >= 4 is 13.5 Å². The van der Waals surface area contributed by atoms with Crippen LogP contribution in [0.4, 0.5) is 5.69 Å². The fourth-order valence-corrected chi connectivity index (χ4v) is 3.88. The maximum atomic E-state index is 6.88. The second-order valence-electron chi connectivity index (χ2n) is 6.22. The highest BCUT2D eigenvalue weighted by Gasteiger charge is 2.49. The van der Waals surface area contributed by atoms with Gasteiger partial charge < -0.3 is 9.80 Å². The molecule has 2 unspecified atom stereocenters. The molecule has 0 spiro atoms. The summed E-state index contributed by atoms with van der Waals surface area (Å²) in [5, 5.41) is 0. The summed E-state index contributed by atoms with van der Waals surface area (Å²) in [7, 11) is 9.08. The lowest BCUT2D eigenvalue weighted by molar-refractivity contribution is 0.211. The van der Waals surface area contributed by atoms with E-state index in [0.717, 1.165) is 32.5 Å². The average molecular weight is 254 g/mol. The molecule has 0 aliphatic carbocycles. The van der Waals surface area contributed by atoms with Crippen molar-refractivity contribution in [2.75, 3.05) is 31.6 Å². The first-order valence-electron chi connectivity index (χ1n) is 7.42. The number of hydrogen-bond acceptors (Lipinski definition) is 2. The molecule has 3 rings (SSSR count). The smallest absolute Gasteiger partial charge is 0.105 e. The largest absolute Gasteiger partial charge is 0.373 e. The zero-order chi connectivity index (χ0) is 13.6. The number of fused-ring (bicyclic) bond motifs is 3. The average Bonchev–Trinajstić information content (AvgIpc) is 2.62. The summed E-state index contributed by atoms with van der Waals surface area (Å²) in [6.45, 7) is 7.69. The first kappa shape index (κ1) is 13.0. The first-order chi connectivity index (χ1) is 9.08. The van der Waals surface area contributed by atoms with Crippen molar-refractivity contribution < 1.29 is 0 Å². The van der Waals surface area contributed by atoms with Crippen molar-refractivity contribution in [3.8, 4) is 0 Å². The van der Waals surface area contributed by atoms with Crippen LogP contribution < -0.4 is 4.90 Å². The number of para-hydroxylation sites is 1. The maximum Gasteiger partial charge on any atom is 0.105 e. The molecule has 3 heteroatoms. The van der Waals surface area contributed by atoms with Crippen LogP contribution in [0.15, 0.2) is 18.2 Å². The number of piperidine rings is 1. The first-order valence-corrected chi connectivity index (χ1v) is 7.42. The molecule has 2 aliphatic rings. The highest BCUT2D eigenvalue weighted by Crippen LogP contribution is 2.51. The number of likely N-dealkylation sites (tertiary alicyclic amines) is 1. The van der Waals surface area contributed by atoms with Gasteiger partial charge in [-0.15, -0.1) is 0 Å².